The van der Waals surface area contributed by atoms with Crippen molar-refractivity contribution in [3.8, 4) is 11.4 Å². The van der Waals surface area contributed by atoms with Crippen molar-refractivity contribution >= 4 is 40.2 Å². The second-order valence-corrected chi connectivity index (χ2v) is 7.51. The number of fused-ring (bicyclic) bond motifs is 1. The summed E-state index contributed by atoms with van der Waals surface area (Å²) in [5.74, 6) is 0.220. The second-order valence-electron chi connectivity index (χ2n) is 5.93. The number of rotatable bonds is 4. The Labute approximate surface area is 164 Å². The minimum absolute atomic E-state index is 0.226. The van der Waals surface area contributed by atoms with Gasteiger partial charge in [0.15, 0.2) is 5.16 Å². The third kappa shape index (κ3) is 3.28. The highest BCUT2D eigenvalue weighted by Crippen LogP contribution is 2.32. The van der Waals surface area contributed by atoms with E-state index in [1.54, 1.807) is 36.4 Å². The van der Waals surface area contributed by atoms with E-state index in [0.29, 0.717) is 45.5 Å². The van der Waals surface area contributed by atoms with E-state index in [-0.39, 0.29) is 11.5 Å². The number of halogens is 1. The normalized spacial score (nSPS) is 16.5. The smallest absolute Gasteiger partial charge is 0.319 e. The molecule has 4 rings (SSSR count). The van der Waals surface area contributed by atoms with Crippen LogP contribution in [0.15, 0.2) is 52.4 Å². The van der Waals surface area contributed by atoms with Crippen LogP contribution in [-0.2, 0) is 9.53 Å². The van der Waals surface area contributed by atoms with E-state index >= 15 is 0 Å². The van der Waals surface area contributed by atoms with Crippen LogP contribution in [0.2, 0.25) is 5.02 Å². The number of methoxy groups -OCH3 is 1. The van der Waals surface area contributed by atoms with Crippen molar-refractivity contribution in [1.29, 1.82) is 0 Å². The molecule has 2 heterocycles. The van der Waals surface area contributed by atoms with Gasteiger partial charge in [0.05, 0.1) is 35.3 Å². The molecule has 2 aromatic carbocycles. The highest BCUT2D eigenvalue weighted by atomic mass is 35.5. The van der Waals surface area contributed by atoms with Crippen molar-refractivity contribution in [3.63, 3.8) is 0 Å². The Morgan fingerprint density at radius 1 is 1.26 bits per heavy atom. The third-order valence-corrected chi connectivity index (χ3v) is 5.77. The average Bonchev–Trinajstić information content (AvgIpc) is 3.07. The van der Waals surface area contributed by atoms with E-state index in [2.05, 4.69) is 4.98 Å². The number of hydrogen-bond donors (Lipinski definition) is 0. The first kappa shape index (κ1) is 17.9. The van der Waals surface area contributed by atoms with Crippen LogP contribution in [0.3, 0.4) is 0 Å². The van der Waals surface area contributed by atoms with Gasteiger partial charge in [0.1, 0.15) is 11.0 Å². The Balaban J connectivity index is 1.92. The van der Waals surface area contributed by atoms with Crippen molar-refractivity contribution in [2.24, 2.45) is 0 Å². The van der Waals surface area contributed by atoms with Gasteiger partial charge in [0.2, 0.25) is 0 Å². The average molecular weight is 403 g/mol. The van der Waals surface area contributed by atoms with Gasteiger partial charge in [-0.2, -0.15) is 0 Å². The molecule has 0 bridgehead atoms. The number of carbonyl (C=O) groups excluding carboxylic acids is 1. The summed E-state index contributed by atoms with van der Waals surface area (Å²) in [4.78, 5) is 29.7. The number of hydrogen-bond acceptors (Lipinski definition) is 6. The highest BCUT2D eigenvalue weighted by molar-refractivity contribution is 8.00. The van der Waals surface area contributed by atoms with Crippen LogP contribution >= 0.6 is 23.4 Å². The molecule has 0 N–H and O–H groups in total. The Morgan fingerprint density at radius 2 is 2.07 bits per heavy atom. The molecular formula is C19H15ClN2O4S. The van der Waals surface area contributed by atoms with Gasteiger partial charge in [0.25, 0.3) is 5.56 Å². The van der Waals surface area contributed by atoms with Gasteiger partial charge in [-0.05, 0) is 30.3 Å². The predicted molar refractivity (Wildman–Crippen MR) is 104 cm³/mol. The number of esters is 1. The van der Waals surface area contributed by atoms with Crippen molar-refractivity contribution in [2.75, 3.05) is 13.7 Å². The molecule has 0 aliphatic carbocycles. The fourth-order valence-electron chi connectivity index (χ4n) is 2.93. The van der Waals surface area contributed by atoms with Gasteiger partial charge in [-0.25, -0.2) is 4.98 Å². The lowest BCUT2D eigenvalue weighted by Gasteiger charge is -2.15. The summed E-state index contributed by atoms with van der Waals surface area (Å²) in [6.07, 6.45) is 0.579. The Kier molecular flexibility index (Phi) is 4.80. The van der Waals surface area contributed by atoms with Crippen LogP contribution in [0.1, 0.15) is 6.42 Å². The first-order valence-corrected chi connectivity index (χ1v) is 9.53. The summed E-state index contributed by atoms with van der Waals surface area (Å²) in [6, 6.07) is 12.2. The zero-order valence-electron chi connectivity index (χ0n) is 14.3. The largest absolute Gasteiger partial charge is 0.495 e. The summed E-state index contributed by atoms with van der Waals surface area (Å²) in [7, 11) is 1.53. The summed E-state index contributed by atoms with van der Waals surface area (Å²) in [5.41, 5.74) is 0.904. The number of nitrogens with zero attached hydrogens (tertiary/aromatic N) is 2. The molecular weight excluding hydrogens is 388 g/mol. The van der Waals surface area contributed by atoms with Crippen molar-refractivity contribution < 1.29 is 14.3 Å². The Hall–Kier alpha value is -2.51. The number of carbonyl (C=O) groups is 1. The van der Waals surface area contributed by atoms with Gasteiger partial charge in [0, 0.05) is 6.42 Å². The lowest BCUT2D eigenvalue weighted by Crippen LogP contribution is -2.23. The molecule has 3 aromatic rings. The molecule has 138 valence electrons. The van der Waals surface area contributed by atoms with Gasteiger partial charge < -0.3 is 9.47 Å². The van der Waals surface area contributed by atoms with E-state index in [4.69, 9.17) is 21.1 Å². The minimum Gasteiger partial charge on any atom is -0.495 e. The molecule has 0 amide bonds. The first-order chi connectivity index (χ1) is 13.1. The summed E-state index contributed by atoms with van der Waals surface area (Å²) >= 11 is 7.48. The number of benzene rings is 2. The zero-order valence-corrected chi connectivity index (χ0v) is 15.9. The van der Waals surface area contributed by atoms with E-state index in [1.165, 1.54) is 23.4 Å². The first-order valence-electron chi connectivity index (χ1n) is 8.27. The molecule has 1 atom stereocenters. The lowest BCUT2D eigenvalue weighted by atomic mass is 10.2. The molecule has 1 saturated heterocycles. The molecule has 0 unspecified atom stereocenters. The predicted octanol–water partition coefficient (Wildman–Crippen LogP) is 3.46. The maximum absolute atomic E-state index is 13.2. The SMILES string of the molecule is COc1ccc(-n2c(S[C@@H]3CCOC3=O)nc3ccccc3c2=O)cc1Cl. The molecule has 8 heteroatoms. The maximum atomic E-state index is 13.2. The van der Waals surface area contributed by atoms with Crippen LogP contribution < -0.4 is 10.3 Å². The van der Waals surface area contributed by atoms with E-state index < -0.39 is 5.25 Å². The fraction of sp³-hybridized carbons (Fsp3) is 0.211. The second kappa shape index (κ2) is 7.25. The monoisotopic (exact) mass is 402 g/mol. The molecule has 0 radical (unpaired) electrons. The molecule has 1 fully saturated rings. The fourth-order valence-corrected chi connectivity index (χ4v) is 4.25. The quantitative estimate of drug-likeness (QED) is 0.491. The van der Waals surface area contributed by atoms with Crippen LogP contribution in [0.4, 0.5) is 0 Å². The van der Waals surface area contributed by atoms with Gasteiger partial charge in [-0.3, -0.25) is 14.2 Å². The molecule has 1 aliphatic rings. The summed E-state index contributed by atoms with van der Waals surface area (Å²) in [6.45, 7) is 0.378. The molecule has 1 aromatic heterocycles. The summed E-state index contributed by atoms with van der Waals surface area (Å²) < 4.78 is 11.7. The van der Waals surface area contributed by atoms with Crippen LogP contribution in [0.25, 0.3) is 16.6 Å². The molecule has 6 nitrogen and oxygen atoms in total. The standard InChI is InChI=1S/C19H15ClN2O4S/c1-25-15-7-6-11(10-13(15)20)22-17(23)12-4-2-3-5-14(12)21-19(22)27-16-8-9-26-18(16)24/h2-7,10,16H,8-9H2,1H3/t16-/m1/s1. The lowest BCUT2D eigenvalue weighted by molar-refractivity contribution is -0.137. The molecule has 0 spiro atoms. The Bertz CT molecular complexity index is 1100. The highest BCUT2D eigenvalue weighted by Gasteiger charge is 2.30. The minimum atomic E-state index is -0.391. The van der Waals surface area contributed by atoms with E-state index in [9.17, 15) is 9.59 Å². The number of aromatic nitrogens is 2. The Morgan fingerprint density at radius 3 is 2.78 bits per heavy atom. The van der Waals surface area contributed by atoms with E-state index in [0.717, 1.165) is 0 Å². The van der Waals surface area contributed by atoms with Gasteiger partial charge in [-0.15, -0.1) is 0 Å². The molecule has 1 aliphatic heterocycles. The van der Waals surface area contributed by atoms with Gasteiger partial charge in [-0.1, -0.05) is 35.5 Å². The van der Waals surface area contributed by atoms with Crippen LogP contribution in [0, 0.1) is 0 Å². The molecule has 27 heavy (non-hydrogen) atoms. The van der Waals surface area contributed by atoms with E-state index in [1.807, 2.05) is 6.07 Å². The maximum Gasteiger partial charge on any atom is 0.319 e. The van der Waals surface area contributed by atoms with Gasteiger partial charge >= 0.3 is 5.97 Å². The number of ether oxygens (including phenoxy) is 2. The number of cyclic esters (lactones) is 1. The zero-order chi connectivity index (χ0) is 19.0. The van der Waals surface area contributed by atoms with Crippen molar-refractivity contribution in [3.05, 3.63) is 57.8 Å². The van der Waals surface area contributed by atoms with Crippen LogP contribution in [-0.4, -0.2) is 34.5 Å². The summed E-state index contributed by atoms with van der Waals surface area (Å²) in [5, 5.41) is 0.899. The molecule has 0 saturated carbocycles. The topological polar surface area (TPSA) is 70.4 Å². The van der Waals surface area contributed by atoms with Crippen molar-refractivity contribution in [2.45, 2.75) is 16.8 Å². The number of para-hydroxylation sites is 1. The third-order valence-electron chi connectivity index (χ3n) is 4.27. The van der Waals surface area contributed by atoms with Crippen LogP contribution in [0.5, 0.6) is 5.75 Å². The number of thioether (sulfide) groups is 1. The van der Waals surface area contributed by atoms with Crippen molar-refractivity contribution in [1.82, 2.24) is 9.55 Å².